The van der Waals surface area contributed by atoms with Gasteiger partial charge in [0.2, 0.25) is 5.91 Å². The van der Waals surface area contributed by atoms with Crippen molar-refractivity contribution < 1.29 is 14.6 Å². The molecule has 1 aliphatic rings. The molecule has 2 unspecified atom stereocenters. The second-order valence-electron chi connectivity index (χ2n) is 6.11. The Kier molecular flexibility index (Phi) is 5.62. The standard InChI is InChI=1S/C17H25NO3/c1-14-6-5-10-17(20,12-14)13-18-16(19)9-11-21-15-7-3-2-4-8-15/h2-4,7-8,14,20H,5-6,9-13H2,1H3,(H,18,19). The Morgan fingerprint density at radius 1 is 1.43 bits per heavy atom. The summed E-state index contributed by atoms with van der Waals surface area (Å²) in [5.74, 6) is 1.23. The molecular weight excluding hydrogens is 266 g/mol. The number of rotatable bonds is 6. The number of amides is 1. The van der Waals surface area contributed by atoms with Crippen molar-refractivity contribution in [2.75, 3.05) is 13.2 Å². The van der Waals surface area contributed by atoms with Crippen LogP contribution in [0.4, 0.5) is 0 Å². The SMILES string of the molecule is CC1CCCC(O)(CNC(=O)CCOc2ccccc2)C1. The molecule has 2 rings (SSSR count). The van der Waals surface area contributed by atoms with Crippen molar-refractivity contribution in [2.24, 2.45) is 5.92 Å². The molecule has 0 saturated heterocycles. The Labute approximate surface area is 126 Å². The summed E-state index contributed by atoms with van der Waals surface area (Å²) in [5, 5.41) is 13.3. The third kappa shape index (κ3) is 5.38. The normalized spacial score (nSPS) is 25.3. The van der Waals surface area contributed by atoms with Crippen molar-refractivity contribution in [3.63, 3.8) is 0 Å². The largest absolute Gasteiger partial charge is 0.493 e. The molecule has 2 N–H and O–H groups in total. The lowest BCUT2D eigenvalue weighted by Gasteiger charge is -2.35. The lowest BCUT2D eigenvalue weighted by atomic mass is 9.79. The van der Waals surface area contributed by atoms with Gasteiger partial charge in [-0.25, -0.2) is 0 Å². The van der Waals surface area contributed by atoms with Crippen molar-refractivity contribution in [2.45, 2.75) is 44.6 Å². The maximum absolute atomic E-state index is 11.8. The predicted octanol–water partition coefficient (Wildman–Crippen LogP) is 2.51. The number of para-hydroxylation sites is 1. The van der Waals surface area contributed by atoms with E-state index in [1.807, 2.05) is 30.3 Å². The quantitative estimate of drug-likeness (QED) is 0.846. The summed E-state index contributed by atoms with van der Waals surface area (Å²) in [6.07, 6.45) is 4.05. The molecule has 0 radical (unpaired) electrons. The zero-order valence-corrected chi connectivity index (χ0v) is 12.7. The van der Waals surface area contributed by atoms with E-state index in [0.717, 1.165) is 25.0 Å². The van der Waals surface area contributed by atoms with Crippen LogP contribution in [0, 0.1) is 5.92 Å². The van der Waals surface area contributed by atoms with Gasteiger partial charge in [-0.15, -0.1) is 0 Å². The number of hydrogen-bond acceptors (Lipinski definition) is 3. The molecule has 1 amide bonds. The van der Waals surface area contributed by atoms with E-state index in [4.69, 9.17) is 4.74 Å². The van der Waals surface area contributed by atoms with E-state index in [1.165, 1.54) is 6.42 Å². The van der Waals surface area contributed by atoms with Gasteiger partial charge < -0.3 is 15.2 Å². The maximum Gasteiger partial charge on any atom is 0.223 e. The average molecular weight is 291 g/mol. The van der Waals surface area contributed by atoms with Crippen molar-refractivity contribution in [3.05, 3.63) is 30.3 Å². The predicted molar refractivity (Wildman–Crippen MR) is 82.1 cm³/mol. The molecule has 0 aliphatic heterocycles. The molecule has 0 heterocycles. The van der Waals surface area contributed by atoms with E-state index in [9.17, 15) is 9.90 Å². The van der Waals surface area contributed by atoms with Gasteiger partial charge in [-0.1, -0.05) is 38.0 Å². The Morgan fingerprint density at radius 2 is 2.19 bits per heavy atom. The monoisotopic (exact) mass is 291 g/mol. The minimum atomic E-state index is -0.729. The van der Waals surface area contributed by atoms with Crippen molar-refractivity contribution in [1.82, 2.24) is 5.32 Å². The van der Waals surface area contributed by atoms with E-state index in [0.29, 0.717) is 25.5 Å². The number of nitrogens with one attached hydrogen (secondary N) is 1. The van der Waals surface area contributed by atoms with E-state index < -0.39 is 5.60 Å². The number of hydrogen-bond donors (Lipinski definition) is 2. The first-order valence-corrected chi connectivity index (χ1v) is 7.74. The minimum Gasteiger partial charge on any atom is -0.493 e. The molecule has 116 valence electrons. The first kappa shape index (κ1) is 15.8. The lowest BCUT2D eigenvalue weighted by Crippen LogP contribution is -2.46. The van der Waals surface area contributed by atoms with Gasteiger partial charge in [0, 0.05) is 6.54 Å². The molecule has 0 aromatic heterocycles. The van der Waals surface area contributed by atoms with Gasteiger partial charge >= 0.3 is 0 Å². The summed E-state index contributed by atoms with van der Waals surface area (Å²) in [6.45, 7) is 2.85. The molecule has 1 aromatic carbocycles. The molecule has 1 fully saturated rings. The zero-order chi connectivity index (χ0) is 15.1. The van der Waals surface area contributed by atoms with Crippen LogP contribution in [0.1, 0.15) is 39.0 Å². The summed E-state index contributed by atoms with van der Waals surface area (Å²) in [4.78, 5) is 11.8. The van der Waals surface area contributed by atoms with Gasteiger partial charge in [0.15, 0.2) is 0 Å². The van der Waals surface area contributed by atoms with Gasteiger partial charge in [0.05, 0.1) is 18.6 Å². The molecule has 1 aromatic rings. The zero-order valence-electron chi connectivity index (χ0n) is 12.7. The Morgan fingerprint density at radius 3 is 2.90 bits per heavy atom. The smallest absolute Gasteiger partial charge is 0.223 e. The first-order chi connectivity index (χ1) is 10.1. The maximum atomic E-state index is 11.8. The molecule has 2 atom stereocenters. The van der Waals surface area contributed by atoms with E-state index in [2.05, 4.69) is 12.2 Å². The third-order valence-corrected chi connectivity index (χ3v) is 4.02. The minimum absolute atomic E-state index is 0.0717. The van der Waals surface area contributed by atoms with Crippen LogP contribution in [0.2, 0.25) is 0 Å². The van der Waals surface area contributed by atoms with Crippen molar-refractivity contribution in [3.8, 4) is 5.75 Å². The molecule has 4 heteroatoms. The highest BCUT2D eigenvalue weighted by molar-refractivity contribution is 5.76. The van der Waals surface area contributed by atoms with Crippen LogP contribution in [0.25, 0.3) is 0 Å². The highest BCUT2D eigenvalue weighted by Crippen LogP contribution is 2.31. The number of ether oxygens (including phenoxy) is 1. The van der Waals surface area contributed by atoms with Gasteiger partial charge in [0.25, 0.3) is 0 Å². The molecule has 1 saturated carbocycles. The fourth-order valence-electron chi connectivity index (χ4n) is 2.92. The van der Waals surface area contributed by atoms with E-state index >= 15 is 0 Å². The average Bonchev–Trinajstić information content (AvgIpc) is 2.46. The number of benzene rings is 1. The third-order valence-electron chi connectivity index (χ3n) is 4.02. The van der Waals surface area contributed by atoms with Crippen LogP contribution in [-0.4, -0.2) is 29.8 Å². The molecule has 1 aliphatic carbocycles. The second-order valence-corrected chi connectivity index (χ2v) is 6.11. The highest BCUT2D eigenvalue weighted by atomic mass is 16.5. The molecule has 0 spiro atoms. The summed E-state index contributed by atoms with van der Waals surface area (Å²) in [7, 11) is 0. The lowest BCUT2D eigenvalue weighted by molar-refractivity contribution is -0.123. The summed E-state index contributed by atoms with van der Waals surface area (Å²) in [5.41, 5.74) is -0.729. The number of carbonyl (C=O) groups is 1. The van der Waals surface area contributed by atoms with Crippen LogP contribution in [0.5, 0.6) is 5.75 Å². The van der Waals surface area contributed by atoms with E-state index in [1.54, 1.807) is 0 Å². The van der Waals surface area contributed by atoms with Gasteiger partial charge in [-0.3, -0.25) is 4.79 Å². The summed E-state index contributed by atoms with van der Waals surface area (Å²) >= 11 is 0. The molecule has 0 bridgehead atoms. The molecule has 4 nitrogen and oxygen atoms in total. The summed E-state index contributed by atoms with van der Waals surface area (Å²) < 4.78 is 5.49. The van der Waals surface area contributed by atoms with Crippen molar-refractivity contribution in [1.29, 1.82) is 0 Å². The van der Waals surface area contributed by atoms with Crippen LogP contribution in [-0.2, 0) is 4.79 Å². The van der Waals surface area contributed by atoms with Crippen LogP contribution in [0.15, 0.2) is 30.3 Å². The molecule has 21 heavy (non-hydrogen) atoms. The fraction of sp³-hybridized carbons (Fsp3) is 0.588. The highest BCUT2D eigenvalue weighted by Gasteiger charge is 2.32. The first-order valence-electron chi connectivity index (χ1n) is 7.74. The topological polar surface area (TPSA) is 58.6 Å². The van der Waals surface area contributed by atoms with Gasteiger partial charge in [0.1, 0.15) is 5.75 Å². The molecular formula is C17H25NO3. The van der Waals surface area contributed by atoms with Gasteiger partial charge in [-0.2, -0.15) is 0 Å². The Hall–Kier alpha value is -1.55. The Bertz CT molecular complexity index is 449. The second kappa shape index (κ2) is 7.46. The number of aliphatic hydroxyl groups is 1. The van der Waals surface area contributed by atoms with Crippen LogP contribution >= 0.6 is 0 Å². The fourth-order valence-corrected chi connectivity index (χ4v) is 2.92. The van der Waals surface area contributed by atoms with E-state index in [-0.39, 0.29) is 5.91 Å². The summed E-state index contributed by atoms with van der Waals surface area (Å²) in [6, 6.07) is 9.45. The van der Waals surface area contributed by atoms with Crippen molar-refractivity contribution >= 4 is 5.91 Å². The van der Waals surface area contributed by atoms with Crippen LogP contribution in [0.3, 0.4) is 0 Å². The van der Waals surface area contributed by atoms with Gasteiger partial charge in [-0.05, 0) is 30.9 Å². The number of carbonyl (C=O) groups excluding carboxylic acids is 1. The van der Waals surface area contributed by atoms with Crippen LogP contribution < -0.4 is 10.1 Å². The Balaban J connectivity index is 1.65.